The third-order valence-corrected chi connectivity index (χ3v) is 7.11. The molecule has 0 bridgehead atoms. The molecule has 2 aromatic rings. The molecule has 7 nitrogen and oxygen atoms in total. The average molecular weight is 427 g/mol. The van der Waals surface area contributed by atoms with Crippen LogP contribution in [0.2, 0.25) is 0 Å². The van der Waals surface area contributed by atoms with Gasteiger partial charge in [0.25, 0.3) is 10.0 Å². The molecule has 2 heterocycles. The number of anilines is 1. The Morgan fingerprint density at radius 2 is 1.63 bits per heavy atom. The topological polar surface area (TPSA) is 82.1 Å². The molecule has 2 aromatic carbocycles. The maximum absolute atomic E-state index is 13.1. The third-order valence-electron chi connectivity index (χ3n) is 5.74. The molecule has 1 saturated heterocycles. The largest absolute Gasteiger partial charge is 0.341 e. The fraction of sp³-hybridized carbons (Fsp3) is 0.364. The highest BCUT2D eigenvalue weighted by Gasteiger charge is 2.35. The SMILES string of the molecule is CC(C)(C(=O)N1CCN(CC2=NS(=O)(=O)c3ccccc3N2)CC1)c1ccccc1. The number of nitrogens with zero attached hydrogens (tertiary/aromatic N) is 3. The van der Waals surface area contributed by atoms with E-state index in [4.69, 9.17) is 0 Å². The van der Waals surface area contributed by atoms with E-state index in [1.807, 2.05) is 49.1 Å². The van der Waals surface area contributed by atoms with Crippen LogP contribution < -0.4 is 5.32 Å². The van der Waals surface area contributed by atoms with Gasteiger partial charge in [-0.3, -0.25) is 9.69 Å². The summed E-state index contributed by atoms with van der Waals surface area (Å²) in [6.45, 7) is 6.85. The molecular formula is C22H26N4O3S. The van der Waals surface area contributed by atoms with E-state index < -0.39 is 15.4 Å². The molecule has 4 rings (SSSR count). The zero-order valence-electron chi connectivity index (χ0n) is 17.2. The van der Waals surface area contributed by atoms with Gasteiger partial charge < -0.3 is 10.2 Å². The number of fused-ring (bicyclic) bond motifs is 1. The Morgan fingerprint density at radius 3 is 2.33 bits per heavy atom. The molecule has 0 radical (unpaired) electrons. The first-order valence-corrected chi connectivity index (χ1v) is 11.5. The summed E-state index contributed by atoms with van der Waals surface area (Å²) in [6, 6.07) is 16.6. The van der Waals surface area contributed by atoms with Crippen molar-refractivity contribution in [1.82, 2.24) is 9.80 Å². The normalized spacial score (nSPS) is 18.9. The van der Waals surface area contributed by atoms with Crippen molar-refractivity contribution in [2.45, 2.75) is 24.2 Å². The fourth-order valence-electron chi connectivity index (χ4n) is 3.93. The Kier molecular flexibility index (Phi) is 5.38. The van der Waals surface area contributed by atoms with Gasteiger partial charge in [0.1, 0.15) is 10.7 Å². The maximum Gasteiger partial charge on any atom is 0.286 e. The van der Waals surface area contributed by atoms with Crippen LogP contribution in [0.25, 0.3) is 0 Å². The molecule has 0 unspecified atom stereocenters. The van der Waals surface area contributed by atoms with Crippen molar-refractivity contribution in [2.75, 3.05) is 38.0 Å². The van der Waals surface area contributed by atoms with Crippen molar-refractivity contribution in [2.24, 2.45) is 4.40 Å². The van der Waals surface area contributed by atoms with Gasteiger partial charge in [-0.2, -0.15) is 8.42 Å². The number of piperazine rings is 1. The summed E-state index contributed by atoms with van der Waals surface area (Å²) in [5.41, 5.74) is 0.971. The van der Waals surface area contributed by atoms with E-state index in [0.717, 1.165) is 5.56 Å². The Bertz CT molecular complexity index is 1070. The highest BCUT2D eigenvalue weighted by molar-refractivity contribution is 7.90. The van der Waals surface area contributed by atoms with Gasteiger partial charge in [0, 0.05) is 26.2 Å². The summed E-state index contributed by atoms with van der Waals surface area (Å²) >= 11 is 0. The summed E-state index contributed by atoms with van der Waals surface area (Å²) in [7, 11) is -3.68. The molecule has 0 spiro atoms. The van der Waals surface area contributed by atoms with Gasteiger partial charge in [0.15, 0.2) is 0 Å². The molecule has 0 saturated carbocycles. The number of benzene rings is 2. The van der Waals surface area contributed by atoms with Gasteiger partial charge in [-0.05, 0) is 31.5 Å². The Hall–Kier alpha value is -2.71. The van der Waals surface area contributed by atoms with Crippen LogP contribution in [-0.4, -0.2) is 62.7 Å². The summed E-state index contributed by atoms with van der Waals surface area (Å²) in [6.07, 6.45) is 0. The van der Waals surface area contributed by atoms with Crippen LogP contribution in [-0.2, 0) is 20.2 Å². The van der Waals surface area contributed by atoms with Crippen LogP contribution in [0.3, 0.4) is 0 Å². The number of para-hydroxylation sites is 1. The van der Waals surface area contributed by atoms with Crippen molar-refractivity contribution in [3.8, 4) is 0 Å². The van der Waals surface area contributed by atoms with Crippen molar-refractivity contribution >= 4 is 27.5 Å². The maximum atomic E-state index is 13.1. The highest BCUT2D eigenvalue weighted by Crippen LogP contribution is 2.28. The lowest BCUT2D eigenvalue weighted by Crippen LogP contribution is -2.54. The molecule has 2 aliphatic heterocycles. The van der Waals surface area contributed by atoms with E-state index in [0.29, 0.717) is 44.2 Å². The van der Waals surface area contributed by atoms with Crippen molar-refractivity contribution in [1.29, 1.82) is 0 Å². The number of amides is 1. The third kappa shape index (κ3) is 3.97. The van der Waals surface area contributed by atoms with E-state index in [1.54, 1.807) is 24.3 Å². The van der Waals surface area contributed by atoms with E-state index in [-0.39, 0.29) is 10.8 Å². The minimum absolute atomic E-state index is 0.109. The molecule has 8 heteroatoms. The first kappa shape index (κ1) is 20.6. The van der Waals surface area contributed by atoms with E-state index in [1.165, 1.54) is 0 Å². The number of hydrogen-bond donors (Lipinski definition) is 1. The number of nitrogens with one attached hydrogen (secondary N) is 1. The van der Waals surface area contributed by atoms with Gasteiger partial charge >= 0.3 is 0 Å². The van der Waals surface area contributed by atoms with Gasteiger partial charge in [0.2, 0.25) is 5.91 Å². The molecule has 1 fully saturated rings. The van der Waals surface area contributed by atoms with Gasteiger partial charge in [-0.15, -0.1) is 4.40 Å². The lowest BCUT2D eigenvalue weighted by molar-refractivity contribution is -0.138. The fourth-order valence-corrected chi connectivity index (χ4v) is 5.07. The van der Waals surface area contributed by atoms with Gasteiger partial charge in [-0.1, -0.05) is 42.5 Å². The van der Waals surface area contributed by atoms with Crippen LogP contribution in [0.5, 0.6) is 0 Å². The van der Waals surface area contributed by atoms with E-state index in [9.17, 15) is 13.2 Å². The van der Waals surface area contributed by atoms with Gasteiger partial charge in [-0.25, -0.2) is 0 Å². The molecule has 1 N–H and O–H groups in total. The summed E-state index contributed by atoms with van der Waals surface area (Å²) in [5, 5.41) is 3.13. The zero-order valence-corrected chi connectivity index (χ0v) is 18.0. The predicted molar refractivity (Wildman–Crippen MR) is 117 cm³/mol. The average Bonchev–Trinajstić information content (AvgIpc) is 2.74. The Morgan fingerprint density at radius 1 is 1.00 bits per heavy atom. The van der Waals surface area contributed by atoms with Crippen molar-refractivity contribution in [3.63, 3.8) is 0 Å². The summed E-state index contributed by atoms with van der Waals surface area (Å²) in [5.74, 6) is 0.524. The van der Waals surface area contributed by atoms with Crippen LogP contribution in [0.1, 0.15) is 19.4 Å². The quantitative estimate of drug-likeness (QED) is 0.811. The Labute approximate surface area is 177 Å². The van der Waals surface area contributed by atoms with E-state index >= 15 is 0 Å². The number of carbonyl (C=O) groups is 1. The lowest BCUT2D eigenvalue weighted by Gasteiger charge is -2.39. The first-order valence-electron chi connectivity index (χ1n) is 10.0. The molecule has 1 amide bonds. The molecule has 158 valence electrons. The zero-order chi connectivity index (χ0) is 21.4. The van der Waals surface area contributed by atoms with Crippen LogP contribution >= 0.6 is 0 Å². The second-order valence-corrected chi connectivity index (χ2v) is 9.77. The molecule has 0 aliphatic carbocycles. The van der Waals surface area contributed by atoms with Crippen molar-refractivity contribution in [3.05, 3.63) is 60.2 Å². The number of sulfonamides is 1. The lowest BCUT2D eigenvalue weighted by atomic mass is 9.83. The molecule has 0 aromatic heterocycles. The molecule has 30 heavy (non-hydrogen) atoms. The van der Waals surface area contributed by atoms with Gasteiger partial charge in [0.05, 0.1) is 17.6 Å². The minimum atomic E-state index is -3.68. The monoisotopic (exact) mass is 426 g/mol. The highest BCUT2D eigenvalue weighted by atomic mass is 32.2. The van der Waals surface area contributed by atoms with Crippen LogP contribution in [0.15, 0.2) is 63.9 Å². The molecule has 2 aliphatic rings. The van der Waals surface area contributed by atoms with E-state index in [2.05, 4.69) is 14.6 Å². The second-order valence-electron chi connectivity index (χ2n) is 8.19. The van der Waals surface area contributed by atoms with Crippen LogP contribution in [0, 0.1) is 0 Å². The summed E-state index contributed by atoms with van der Waals surface area (Å²) in [4.78, 5) is 17.3. The number of carbonyl (C=O) groups excluding carboxylic acids is 1. The summed E-state index contributed by atoms with van der Waals surface area (Å²) < 4.78 is 28.8. The molecule has 0 atom stereocenters. The minimum Gasteiger partial charge on any atom is -0.341 e. The predicted octanol–water partition coefficient (Wildman–Crippen LogP) is 2.32. The number of amidine groups is 1. The second kappa shape index (κ2) is 7.85. The standard InChI is InChI=1S/C22H26N4O3S/c1-22(2,17-8-4-3-5-9-17)21(27)26-14-12-25(13-15-26)16-20-23-18-10-6-7-11-19(18)30(28,29)24-20/h3-11H,12-16H2,1-2H3,(H,23,24). The number of rotatable bonds is 4. The number of hydrogen-bond acceptors (Lipinski definition) is 5. The van der Waals surface area contributed by atoms with Crippen molar-refractivity contribution < 1.29 is 13.2 Å². The Balaban J connectivity index is 1.39. The first-order chi connectivity index (χ1) is 14.3. The molecular weight excluding hydrogens is 400 g/mol. The smallest absolute Gasteiger partial charge is 0.286 e. The van der Waals surface area contributed by atoms with Crippen LogP contribution in [0.4, 0.5) is 5.69 Å².